The van der Waals surface area contributed by atoms with Crippen molar-refractivity contribution in [3.05, 3.63) is 0 Å². The third-order valence-electron chi connectivity index (χ3n) is 12.6. The summed E-state index contributed by atoms with van der Waals surface area (Å²) >= 11 is 0. The Morgan fingerprint density at radius 1 is 0.810 bits per heavy atom. The third kappa shape index (κ3) is 7.69. The second-order valence-corrected chi connectivity index (χ2v) is 15.0. The molecule has 3 amide bonds. The maximum absolute atomic E-state index is 12.8. The summed E-state index contributed by atoms with van der Waals surface area (Å²) in [7, 11) is 0. The van der Waals surface area contributed by atoms with E-state index in [1.165, 1.54) is 58.8 Å². The minimum absolute atomic E-state index is 0.0543. The van der Waals surface area contributed by atoms with E-state index in [1.807, 2.05) is 0 Å². The topological polar surface area (TPSA) is 111 Å². The van der Waals surface area contributed by atoms with Gasteiger partial charge in [0.15, 0.2) is 0 Å². The van der Waals surface area contributed by atoms with Crippen LogP contribution in [-0.4, -0.2) is 73.1 Å². The number of fused-ring (bicyclic) bond motifs is 5. The molecule has 0 aromatic rings. The van der Waals surface area contributed by atoms with E-state index in [1.54, 1.807) is 0 Å². The molecular formula is C34H60N4O4. The number of carbonyl (C=O) groups is 3. The minimum Gasteiger partial charge on any atom is -0.393 e. The number of rotatable bonds is 13. The normalized spacial score (nSPS) is 36.4. The summed E-state index contributed by atoms with van der Waals surface area (Å²) in [6, 6.07) is 0. The Hall–Kier alpha value is -1.67. The van der Waals surface area contributed by atoms with Gasteiger partial charge in [0.05, 0.1) is 6.10 Å². The van der Waals surface area contributed by atoms with Crippen LogP contribution in [-0.2, 0) is 14.4 Å². The standard InChI is InChI=1S/C34H60N4O4/c1-23(6-11-32(42)37-18-21-38(19-16-35-24(2)39)20-17-36-25(3)40)29-9-10-30-28-8-7-26-22-27(41)12-14-33(26,4)31(28)13-15-34(29,30)5/h23,26-31,41H,6-22H2,1-5H3,(H,35,39)(H,36,40)(H,37,42)/t23-,26-,27-,28+,29-,30+,31+,33+,34-/m1/s1. The first-order valence-corrected chi connectivity index (χ1v) is 17.1. The van der Waals surface area contributed by atoms with Gasteiger partial charge in [-0.2, -0.15) is 0 Å². The second kappa shape index (κ2) is 14.4. The van der Waals surface area contributed by atoms with E-state index in [0.29, 0.717) is 74.3 Å². The monoisotopic (exact) mass is 588 g/mol. The highest BCUT2D eigenvalue weighted by atomic mass is 16.3. The molecule has 42 heavy (non-hydrogen) atoms. The summed E-state index contributed by atoms with van der Waals surface area (Å²) in [5.74, 6) is 4.48. The molecule has 8 heteroatoms. The predicted molar refractivity (Wildman–Crippen MR) is 166 cm³/mol. The Morgan fingerprint density at radius 2 is 1.40 bits per heavy atom. The molecular weight excluding hydrogens is 528 g/mol. The van der Waals surface area contributed by atoms with Gasteiger partial charge in [0, 0.05) is 59.5 Å². The maximum atomic E-state index is 12.8. The summed E-state index contributed by atoms with van der Waals surface area (Å²) in [6.45, 7) is 14.3. The number of nitrogens with zero attached hydrogens (tertiary/aromatic N) is 1. The van der Waals surface area contributed by atoms with Crippen LogP contribution < -0.4 is 16.0 Å². The Balaban J connectivity index is 1.23. The zero-order valence-corrected chi connectivity index (χ0v) is 27.2. The van der Waals surface area contributed by atoms with Gasteiger partial charge in [0.2, 0.25) is 17.7 Å². The number of hydrogen-bond donors (Lipinski definition) is 4. The molecule has 9 atom stereocenters. The van der Waals surface area contributed by atoms with Crippen LogP contribution in [0.1, 0.15) is 105 Å². The van der Waals surface area contributed by atoms with Crippen molar-refractivity contribution in [3.8, 4) is 0 Å². The third-order valence-corrected chi connectivity index (χ3v) is 12.6. The molecule has 8 nitrogen and oxygen atoms in total. The Kier molecular flexibility index (Phi) is 11.4. The summed E-state index contributed by atoms with van der Waals surface area (Å²) in [4.78, 5) is 37.5. The van der Waals surface area contributed by atoms with Crippen molar-refractivity contribution >= 4 is 17.7 Å². The first-order chi connectivity index (χ1) is 19.9. The highest BCUT2D eigenvalue weighted by molar-refractivity contribution is 5.75. The van der Waals surface area contributed by atoms with Crippen LogP contribution in [0.2, 0.25) is 0 Å². The van der Waals surface area contributed by atoms with Crippen LogP contribution in [0.5, 0.6) is 0 Å². The molecule has 4 aliphatic carbocycles. The van der Waals surface area contributed by atoms with Crippen molar-refractivity contribution in [1.82, 2.24) is 20.9 Å². The lowest BCUT2D eigenvalue weighted by molar-refractivity contribution is -0.129. The van der Waals surface area contributed by atoms with Gasteiger partial charge in [-0.15, -0.1) is 0 Å². The molecule has 0 radical (unpaired) electrons. The molecule has 4 rings (SSSR count). The van der Waals surface area contributed by atoms with E-state index in [0.717, 1.165) is 37.0 Å². The second-order valence-electron chi connectivity index (χ2n) is 15.0. The SMILES string of the molecule is CC(=O)NCCN(CCNC(C)=O)CCNC(=O)CC[C@@H](C)[C@H]1CC[C@H]2[C@@H]3CC[C@@H]4C[C@H](O)CC[C@]4(C)[C@H]3CC[C@]12C. The number of hydrogen-bond acceptors (Lipinski definition) is 5. The summed E-state index contributed by atoms with van der Waals surface area (Å²) in [6.07, 6.45) is 12.7. The van der Waals surface area contributed by atoms with Gasteiger partial charge in [0.25, 0.3) is 0 Å². The van der Waals surface area contributed by atoms with Crippen molar-refractivity contribution in [2.75, 3.05) is 39.3 Å². The molecule has 0 aromatic heterocycles. The number of carbonyl (C=O) groups excluding carboxylic acids is 3. The minimum atomic E-state index is -0.0774. The van der Waals surface area contributed by atoms with Crippen molar-refractivity contribution in [3.63, 3.8) is 0 Å². The largest absolute Gasteiger partial charge is 0.393 e. The Bertz CT molecular complexity index is 925. The van der Waals surface area contributed by atoms with Crippen molar-refractivity contribution in [2.24, 2.45) is 46.3 Å². The van der Waals surface area contributed by atoms with Gasteiger partial charge in [-0.05, 0) is 111 Å². The van der Waals surface area contributed by atoms with Crippen LogP contribution in [0.4, 0.5) is 0 Å². The molecule has 4 saturated carbocycles. The average molecular weight is 589 g/mol. The Morgan fingerprint density at radius 3 is 2.05 bits per heavy atom. The number of aliphatic hydroxyl groups excluding tert-OH is 1. The lowest BCUT2D eigenvalue weighted by atomic mass is 9.44. The van der Waals surface area contributed by atoms with Crippen LogP contribution in [0.25, 0.3) is 0 Å². The smallest absolute Gasteiger partial charge is 0.220 e. The predicted octanol–water partition coefficient (Wildman–Crippen LogP) is 4.11. The summed E-state index contributed by atoms with van der Waals surface area (Å²) in [5.41, 5.74) is 0.825. The van der Waals surface area contributed by atoms with Gasteiger partial charge in [-0.1, -0.05) is 20.8 Å². The maximum Gasteiger partial charge on any atom is 0.220 e. The number of aliphatic hydroxyl groups is 1. The quantitative estimate of drug-likeness (QED) is 0.259. The van der Waals surface area contributed by atoms with Crippen LogP contribution >= 0.6 is 0 Å². The van der Waals surface area contributed by atoms with E-state index < -0.39 is 0 Å². The zero-order valence-electron chi connectivity index (χ0n) is 27.2. The molecule has 0 aliphatic heterocycles. The van der Waals surface area contributed by atoms with Crippen molar-refractivity contribution < 1.29 is 19.5 Å². The molecule has 0 spiro atoms. The van der Waals surface area contributed by atoms with Gasteiger partial charge >= 0.3 is 0 Å². The zero-order chi connectivity index (χ0) is 30.5. The van der Waals surface area contributed by atoms with Crippen LogP contribution in [0.3, 0.4) is 0 Å². The van der Waals surface area contributed by atoms with E-state index in [4.69, 9.17) is 0 Å². The molecule has 4 fully saturated rings. The molecule has 4 aliphatic rings. The lowest BCUT2D eigenvalue weighted by Gasteiger charge is -2.61. The van der Waals surface area contributed by atoms with Crippen LogP contribution in [0.15, 0.2) is 0 Å². The van der Waals surface area contributed by atoms with Gasteiger partial charge in [-0.25, -0.2) is 0 Å². The van der Waals surface area contributed by atoms with Gasteiger partial charge in [0.1, 0.15) is 0 Å². The van der Waals surface area contributed by atoms with Gasteiger partial charge < -0.3 is 21.1 Å². The number of nitrogens with one attached hydrogen (secondary N) is 3. The van der Waals surface area contributed by atoms with Gasteiger partial charge in [-0.3, -0.25) is 19.3 Å². The number of amides is 3. The molecule has 4 N–H and O–H groups in total. The molecule has 240 valence electrons. The molecule has 0 heterocycles. The van der Waals surface area contributed by atoms with E-state index in [-0.39, 0.29) is 23.8 Å². The summed E-state index contributed by atoms with van der Waals surface area (Å²) < 4.78 is 0. The Labute approximate surface area is 254 Å². The molecule has 0 bridgehead atoms. The lowest BCUT2D eigenvalue weighted by Crippen LogP contribution is -2.54. The van der Waals surface area contributed by atoms with Crippen molar-refractivity contribution in [1.29, 1.82) is 0 Å². The first-order valence-electron chi connectivity index (χ1n) is 17.1. The highest BCUT2D eigenvalue weighted by Crippen LogP contribution is 2.68. The van der Waals surface area contributed by atoms with E-state index in [9.17, 15) is 19.5 Å². The fourth-order valence-corrected chi connectivity index (χ4v) is 10.3. The van der Waals surface area contributed by atoms with E-state index in [2.05, 4.69) is 41.6 Å². The first kappa shape index (κ1) is 33.2. The average Bonchev–Trinajstić information content (AvgIpc) is 3.29. The summed E-state index contributed by atoms with van der Waals surface area (Å²) in [5, 5.41) is 19.1. The van der Waals surface area contributed by atoms with E-state index >= 15 is 0 Å². The molecule has 0 saturated heterocycles. The fourth-order valence-electron chi connectivity index (χ4n) is 10.3. The molecule has 0 aromatic carbocycles. The van der Waals surface area contributed by atoms with Crippen LogP contribution in [0, 0.1) is 46.3 Å². The molecule has 0 unspecified atom stereocenters. The fraction of sp³-hybridized carbons (Fsp3) is 0.912. The highest BCUT2D eigenvalue weighted by Gasteiger charge is 2.60. The van der Waals surface area contributed by atoms with Crippen molar-refractivity contribution in [2.45, 2.75) is 111 Å².